The molecule has 0 spiro atoms. The standard InChI is InChI=1S/C26H23ClF5N3O3S/c1-13(26(30,31)32)34(25(38)21-23(37)22(36)17(24(28)29)11-35(21)33)10-9-16-15-6-2-3-8-19(15)39-12-14-5-4-7-18(27)20(14)16/h2-8,11,13,16,24,37H,9-10,12,33H2,1H3/t13-,16-/m1/s1. The summed E-state index contributed by atoms with van der Waals surface area (Å²) in [6, 6.07) is 10.4. The first kappa shape index (κ1) is 28.8. The quantitative estimate of drug-likeness (QED) is 0.270. The lowest BCUT2D eigenvalue weighted by Gasteiger charge is -2.33. The molecule has 6 nitrogen and oxygen atoms in total. The highest BCUT2D eigenvalue weighted by Crippen LogP contribution is 2.45. The number of halogens is 6. The highest BCUT2D eigenvalue weighted by molar-refractivity contribution is 7.98. The molecule has 3 N–H and O–H groups in total. The van der Waals surface area contributed by atoms with Crippen LogP contribution in [0, 0.1) is 0 Å². The van der Waals surface area contributed by atoms with Gasteiger partial charge in [-0.15, -0.1) is 11.8 Å². The Labute approximate surface area is 229 Å². The molecule has 1 aromatic heterocycles. The number of thioether (sulfide) groups is 1. The molecule has 0 saturated carbocycles. The predicted molar refractivity (Wildman–Crippen MR) is 138 cm³/mol. The average molecular weight is 588 g/mol. The molecule has 0 fully saturated rings. The second kappa shape index (κ2) is 11.1. The normalized spacial score (nSPS) is 15.8. The lowest BCUT2D eigenvalue weighted by atomic mass is 9.85. The number of aromatic hydroxyl groups is 1. The molecule has 1 aliphatic heterocycles. The number of fused-ring (bicyclic) bond motifs is 2. The van der Waals surface area contributed by atoms with E-state index in [1.165, 1.54) is 0 Å². The summed E-state index contributed by atoms with van der Waals surface area (Å²) in [7, 11) is 0. The van der Waals surface area contributed by atoms with Crippen LogP contribution in [-0.2, 0) is 5.75 Å². The van der Waals surface area contributed by atoms with Crippen LogP contribution < -0.4 is 11.3 Å². The van der Waals surface area contributed by atoms with Crippen molar-refractivity contribution in [3.63, 3.8) is 0 Å². The zero-order chi connectivity index (χ0) is 28.6. The number of alkyl halides is 5. The van der Waals surface area contributed by atoms with E-state index in [1.54, 1.807) is 30.0 Å². The molecule has 2 atom stereocenters. The predicted octanol–water partition coefficient (Wildman–Crippen LogP) is 6.08. The molecule has 0 unspecified atom stereocenters. The van der Waals surface area contributed by atoms with Crippen molar-refractivity contribution >= 4 is 29.3 Å². The number of amides is 1. The van der Waals surface area contributed by atoms with Gasteiger partial charge < -0.3 is 15.8 Å². The summed E-state index contributed by atoms with van der Waals surface area (Å²) in [6.45, 7) is 0.261. The summed E-state index contributed by atoms with van der Waals surface area (Å²) in [5.41, 5.74) is -1.38. The van der Waals surface area contributed by atoms with Crippen LogP contribution in [0.5, 0.6) is 5.75 Å². The van der Waals surface area contributed by atoms with Crippen molar-refractivity contribution in [2.45, 2.75) is 48.6 Å². The first-order chi connectivity index (χ1) is 18.3. The molecule has 0 aliphatic carbocycles. The Hall–Kier alpha value is -3.25. The fourth-order valence-corrected chi connectivity index (χ4v) is 6.11. The Kier molecular flexibility index (Phi) is 8.17. The van der Waals surface area contributed by atoms with Gasteiger partial charge in [0, 0.05) is 34.3 Å². The molecule has 4 rings (SSSR count). The van der Waals surface area contributed by atoms with E-state index in [9.17, 15) is 36.6 Å². The van der Waals surface area contributed by atoms with E-state index in [0.29, 0.717) is 21.9 Å². The third-order valence-electron chi connectivity index (χ3n) is 6.71. The lowest BCUT2D eigenvalue weighted by Crippen LogP contribution is -2.49. The molecular weight excluding hydrogens is 565 g/mol. The number of carbonyl (C=O) groups is 1. The first-order valence-electron chi connectivity index (χ1n) is 11.7. The molecule has 0 bridgehead atoms. The molecular formula is C26H23ClF5N3O3S. The van der Waals surface area contributed by atoms with Gasteiger partial charge in [-0.25, -0.2) is 8.78 Å². The molecule has 1 aliphatic rings. The number of hydrogen-bond donors (Lipinski definition) is 2. The summed E-state index contributed by atoms with van der Waals surface area (Å²) >= 11 is 8.12. The minimum absolute atomic E-state index is 0.00878. The van der Waals surface area contributed by atoms with Gasteiger partial charge in [0.25, 0.3) is 12.3 Å². The minimum atomic E-state index is -4.89. The van der Waals surface area contributed by atoms with E-state index in [2.05, 4.69) is 0 Å². The van der Waals surface area contributed by atoms with E-state index in [-0.39, 0.29) is 11.1 Å². The van der Waals surface area contributed by atoms with Gasteiger partial charge in [0.1, 0.15) is 6.04 Å². The summed E-state index contributed by atoms with van der Waals surface area (Å²) in [6.07, 6.45) is -7.80. The van der Waals surface area contributed by atoms with Crippen LogP contribution in [0.2, 0.25) is 5.02 Å². The highest BCUT2D eigenvalue weighted by atomic mass is 35.5. The van der Waals surface area contributed by atoms with Gasteiger partial charge in [0.15, 0.2) is 11.4 Å². The largest absolute Gasteiger partial charge is 0.502 e. The van der Waals surface area contributed by atoms with Gasteiger partial charge >= 0.3 is 6.18 Å². The van der Waals surface area contributed by atoms with E-state index < -0.39 is 59.4 Å². The Morgan fingerprint density at radius 1 is 1.23 bits per heavy atom. The van der Waals surface area contributed by atoms with Crippen LogP contribution in [-0.4, -0.2) is 39.4 Å². The lowest BCUT2D eigenvalue weighted by molar-refractivity contribution is -0.172. The molecule has 3 aromatic rings. The fourth-order valence-electron chi connectivity index (χ4n) is 4.67. The van der Waals surface area contributed by atoms with Crippen LogP contribution in [0.15, 0.2) is 58.4 Å². The molecule has 0 saturated heterocycles. The van der Waals surface area contributed by atoms with Crippen LogP contribution in [0.25, 0.3) is 0 Å². The zero-order valence-corrected chi connectivity index (χ0v) is 22.0. The molecule has 208 valence electrons. The SMILES string of the molecule is C[C@@H](N(CC[C@@H]1c2ccccc2SCc2cccc(Cl)c21)C(=O)c1c(O)c(=O)c(C(F)F)cn1N)C(F)(F)F. The molecule has 13 heteroatoms. The van der Waals surface area contributed by atoms with Crippen LogP contribution in [0.3, 0.4) is 0 Å². The smallest absolute Gasteiger partial charge is 0.408 e. The topological polar surface area (TPSA) is 88.6 Å². The Morgan fingerprint density at radius 3 is 2.59 bits per heavy atom. The van der Waals surface area contributed by atoms with E-state index in [4.69, 9.17) is 17.4 Å². The number of carbonyl (C=O) groups excluding carboxylic acids is 1. The number of rotatable bonds is 6. The number of aromatic nitrogens is 1. The van der Waals surface area contributed by atoms with E-state index in [1.807, 2.05) is 24.3 Å². The second-order valence-electron chi connectivity index (χ2n) is 9.02. The van der Waals surface area contributed by atoms with Crippen LogP contribution in [0.1, 0.15) is 58.4 Å². The van der Waals surface area contributed by atoms with Crippen molar-refractivity contribution < 1.29 is 31.9 Å². The second-order valence-corrected chi connectivity index (χ2v) is 10.4. The monoisotopic (exact) mass is 587 g/mol. The summed E-state index contributed by atoms with van der Waals surface area (Å²) in [5.74, 6) is 2.81. The molecule has 39 heavy (non-hydrogen) atoms. The number of nitrogen functional groups attached to an aromatic ring is 1. The van der Waals surface area contributed by atoms with Crippen molar-refractivity contribution in [1.82, 2.24) is 9.58 Å². The van der Waals surface area contributed by atoms with Gasteiger partial charge in [-0.3, -0.25) is 14.3 Å². The average Bonchev–Trinajstić information content (AvgIpc) is 3.03. The number of benzene rings is 2. The fraction of sp³-hybridized carbons (Fsp3) is 0.308. The minimum Gasteiger partial charge on any atom is -0.502 e. The van der Waals surface area contributed by atoms with E-state index in [0.717, 1.165) is 28.5 Å². The van der Waals surface area contributed by atoms with Crippen molar-refractivity contribution in [1.29, 1.82) is 0 Å². The Bertz CT molecular complexity index is 1460. The third-order valence-corrected chi connectivity index (χ3v) is 8.17. The Balaban J connectivity index is 1.78. The first-order valence-corrected chi connectivity index (χ1v) is 13.1. The third kappa shape index (κ3) is 5.58. The Morgan fingerprint density at radius 2 is 1.92 bits per heavy atom. The molecule has 1 amide bonds. The van der Waals surface area contributed by atoms with Gasteiger partial charge in [0.05, 0.1) is 5.56 Å². The van der Waals surface area contributed by atoms with Crippen molar-refractivity contribution in [3.05, 3.63) is 91.9 Å². The van der Waals surface area contributed by atoms with Crippen molar-refractivity contribution in [2.24, 2.45) is 0 Å². The van der Waals surface area contributed by atoms with Crippen molar-refractivity contribution in [2.75, 3.05) is 12.4 Å². The number of nitrogens with zero attached hydrogens (tertiary/aromatic N) is 2. The highest BCUT2D eigenvalue weighted by Gasteiger charge is 2.44. The van der Waals surface area contributed by atoms with Crippen molar-refractivity contribution in [3.8, 4) is 5.75 Å². The summed E-state index contributed by atoms with van der Waals surface area (Å²) in [5, 5.41) is 10.7. The van der Waals surface area contributed by atoms with Gasteiger partial charge in [-0.05, 0) is 42.2 Å². The van der Waals surface area contributed by atoms with Gasteiger partial charge in [-0.2, -0.15) is 13.2 Å². The molecule has 2 aromatic carbocycles. The summed E-state index contributed by atoms with van der Waals surface area (Å²) < 4.78 is 68.3. The van der Waals surface area contributed by atoms with Crippen LogP contribution >= 0.6 is 23.4 Å². The van der Waals surface area contributed by atoms with Crippen LogP contribution in [0.4, 0.5) is 22.0 Å². The maximum absolute atomic E-state index is 13.9. The summed E-state index contributed by atoms with van der Waals surface area (Å²) in [4.78, 5) is 27.0. The van der Waals surface area contributed by atoms with Gasteiger partial charge in [0.2, 0.25) is 5.43 Å². The number of nitrogens with two attached hydrogens (primary N) is 1. The number of pyridine rings is 1. The van der Waals surface area contributed by atoms with E-state index >= 15 is 0 Å². The maximum atomic E-state index is 13.9. The zero-order valence-electron chi connectivity index (χ0n) is 20.4. The number of hydrogen-bond acceptors (Lipinski definition) is 5. The molecule has 0 radical (unpaired) electrons. The molecule has 2 heterocycles. The van der Waals surface area contributed by atoms with Gasteiger partial charge in [-0.1, -0.05) is 41.9 Å². The maximum Gasteiger partial charge on any atom is 0.408 e.